The predicted molar refractivity (Wildman–Crippen MR) is 80.6 cm³/mol. The first-order valence-electron chi connectivity index (χ1n) is 7.59. The van der Waals surface area contributed by atoms with E-state index in [1.165, 1.54) is 5.56 Å². The minimum atomic E-state index is 0.900. The Bertz CT molecular complexity index is 504. The Morgan fingerprint density at radius 2 is 1.67 bits per heavy atom. The van der Waals surface area contributed by atoms with Crippen molar-refractivity contribution < 1.29 is 0 Å². The lowest BCUT2D eigenvalue weighted by Crippen LogP contribution is -2.46. The molecule has 1 aliphatic heterocycles. The highest BCUT2D eigenvalue weighted by atomic mass is 15.5. The van der Waals surface area contributed by atoms with E-state index in [0.717, 1.165) is 52.2 Å². The molecule has 2 heterocycles. The van der Waals surface area contributed by atoms with E-state index >= 15 is 0 Å². The second-order valence-corrected chi connectivity index (χ2v) is 5.53. The van der Waals surface area contributed by atoms with Crippen molar-refractivity contribution in [3.05, 3.63) is 42.2 Å². The molecule has 0 radical (unpaired) electrons. The highest BCUT2D eigenvalue weighted by molar-refractivity contribution is 5.14. The molecule has 112 valence electrons. The second-order valence-electron chi connectivity index (χ2n) is 5.53. The molecular formula is C15H22N6. The number of tetrazole rings is 1. The van der Waals surface area contributed by atoms with Gasteiger partial charge in [0.05, 0.1) is 0 Å². The molecule has 1 aliphatic rings. The lowest BCUT2D eigenvalue weighted by molar-refractivity contribution is 0.124. The van der Waals surface area contributed by atoms with E-state index in [9.17, 15) is 0 Å². The normalized spacial score (nSPS) is 17.1. The van der Waals surface area contributed by atoms with Crippen molar-refractivity contribution in [2.24, 2.45) is 0 Å². The highest BCUT2D eigenvalue weighted by Gasteiger charge is 2.16. The van der Waals surface area contributed by atoms with E-state index in [0.29, 0.717) is 0 Å². The van der Waals surface area contributed by atoms with Crippen molar-refractivity contribution in [1.82, 2.24) is 30.0 Å². The number of aromatic nitrogens is 4. The molecule has 6 heteroatoms. The number of hydrogen-bond acceptors (Lipinski definition) is 5. The van der Waals surface area contributed by atoms with E-state index in [1.807, 2.05) is 0 Å². The van der Waals surface area contributed by atoms with Crippen LogP contribution in [0.5, 0.6) is 0 Å². The number of hydrogen-bond donors (Lipinski definition) is 0. The summed E-state index contributed by atoms with van der Waals surface area (Å²) < 4.78 is 1.80. The Balaban J connectivity index is 1.35. The van der Waals surface area contributed by atoms with Gasteiger partial charge < -0.3 is 4.90 Å². The molecule has 0 saturated carbocycles. The number of rotatable bonds is 6. The Morgan fingerprint density at radius 1 is 0.905 bits per heavy atom. The minimum absolute atomic E-state index is 0.900. The average Bonchev–Trinajstić information content (AvgIpc) is 3.03. The predicted octanol–water partition coefficient (Wildman–Crippen LogP) is 0.881. The van der Waals surface area contributed by atoms with Crippen LogP contribution in [0.2, 0.25) is 0 Å². The summed E-state index contributed by atoms with van der Waals surface area (Å²) in [5, 5.41) is 11.2. The van der Waals surface area contributed by atoms with Crippen LogP contribution in [0.15, 0.2) is 36.7 Å². The Hall–Kier alpha value is -1.79. The van der Waals surface area contributed by atoms with Crippen LogP contribution in [0.3, 0.4) is 0 Å². The maximum absolute atomic E-state index is 3.89. The molecule has 0 amide bonds. The summed E-state index contributed by atoms with van der Waals surface area (Å²) in [6.07, 6.45) is 2.78. The van der Waals surface area contributed by atoms with Crippen LogP contribution >= 0.6 is 0 Å². The largest absolute Gasteiger partial charge is 0.301 e. The van der Waals surface area contributed by atoms with Gasteiger partial charge in [-0.15, -0.1) is 5.10 Å². The van der Waals surface area contributed by atoms with Crippen molar-refractivity contribution in [2.75, 3.05) is 32.7 Å². The number of piperazine rings is 1. The molecule has 0 spiro atoms. The van der Waals surface area contributed by atoms with E-state index in [-0.39, 0.29) is 0 Å². The third-order valence-corrected chi connectivity index (χ3v) is 3.97. The first-order chi connectivity index (χ1) is 10.4. The Labute approximate surface area is 125 Å². The summed E-state index contributed by atoms with van der Waals surface area (Å²) in [7, 11) is 0. The van der Waals surface area contributed by atoms with Gasteiger partial charge in [0.1, 0.15) is 6.33 Å². The van der Waals surface area contributed by atoms with Crippen LogP contribution < -0.4 is 0 Å². The fourth-order valence-corrected chi connectivity index (χ4v) is 2.75. The summed E-state index contributed by atoms with van der Waals surface area (Å²) in [6, 6.07) is 10.7. The van der Waals surface area contributed by atoms with Gasteiger partial charge in [0.2, 0.25) is 0 Å². The summed E-state index contributed by atoms with van der Waals surface area (Å²) in [5.41, 5.74) is 1.41. The smallest absolute Gasteiger partial charge is 0.138 e. The van der Waals surface area contributed by atoms with Crippen molar-refractivity contribution in [1.29, 1.82) is 0 Å². The quantitative estimate of drug-likeness (QED) is 0.789. The van der Waals surface area contributed by atoms with Gasteiger partial charge in [-0.25, -0.2) is 4.68 Å². The first kappa shape index (κ1) is 14.2. The maximum Gasteiger partial charge on any atom is 0.138 e. The van der Waals surface area contributed by atoms with Gasteiger partial charge in [-0.1, -0.05) is 30.3 Å². The van der Waals surface area contributed by atoms with Crippen molar-refractivity contribution in [3.8, 4) is 0 Å². The van der Waals surface area contributed by atoms with Crippen molar-refractivity contribution in [2.45, 2.75) is 19.5 Å². The van der Waals surface area contributed by atoms with Gasteiger partial charge in [0, 0.05) is 45.8 Å². The van der Waals surface area contributed by atoms with E-state index in [1.54, 1.807) is 11.0 Å². The lowest BCUT2D eigenvalue weighted by atomic mass is 10.2. The van der Waals surface area contributed by atoms with E-state index in [4.69, 9.17) is 0 Å². The summed E-state index contributed by atoms with van der Waals surface area (Å²) in [4.78, 5) is 5.07. The van der Waals surface area contributed by atoms with Crippen LogP contribution in [-0.2, 0) is 13.1 Å². The monoisotopic (exact) mass is 286 g/mol. The zero-order valence-electron chi connectivity index (χ0n) is 12.3. The van der Waals surface area contributed by atoms with Crippen LogP contribution in [0, 0.1) is 0 Å². The molecular weight excluding hydrogens is 264 g/mol. The third kappa shape index (κ3) is 4.34. The van der Waals surface area contributed by atoms with E-state index in [2.05, 4.69) is 55.7 Å². The van der Waals surface area contributed by atoms with Crippen molar-refractivity contribution in [3.63, 3.8) is 0 Å². The van der Waals surface area contributed by atoms with Gasteiger partial charge in [-0.3, -0.25) is 4.90 Å². The highest BCUT2D eigenvalue weighted by Crippen LogP contribution is 2.08. The van der Waals surface area contributed by atoms with Gasteiger partial charge in [0.15, 0.2) is 0 Å². The molecule has 21 heavy (non-hydrogen) atoms. The molecule has 2 aromatic rings. The zero-order valence-corrected chi connectivity index (χ0v) is 12.3. The molecule has 0 N–H and O–H groups in total. The third-order valence-electron chi connectivity index (χ3n) is 3.97. The molecule has 1 aromatic carbocycles. The topological polar surface area (TPSA) is 50.1 Å². The molecule has 0 unspecified atom stereocenters. The number of benzene rings is 1. The van der Waals surface area contributed by atoms with Gasteiger partial charge >= 0.3 is 0 Å². The fourth-order valence-electron chi connectivity index (χ4n) is 2.75. The molecule has 6 nitrogen and oxygen atoms in total. The van der Waals surface area contributed by atoms with Gasteiger partial charge in [-0.05, 0) is 22.4 Å². The first-order valence-corrected chi connectivity index (χ1v) is 7.59. The van der Waals surface area contributed by atoms with Crippen LogP contribution in [0.25, 0.3) is 0 Å². The molecule has 0 bridgehead atoms. The number of aryl methyl sites for hydroxylation is 1. The van der Waals surface area contributed by atoms with Crippen molar-refractivity contribution >= 4 is 0 Å². The molecule has 1 aromatic heterocycles. The fraction of sp³-hybridized carbons (Fsp3) is 0.533. The average molecular weight is 286 g/mol. The van der Waals surface area contributed by atoms with Crippen LogP contribution in [0.1, 0.15) is 12.0 Å². The minimum Gasteiger partial charge on any atom is -0.301 e. The summed E-state index contributed by atoms with van der Waals surface area (Å²) in [6.45, 7) is 7.71. The molecule has 0 aliphatic carbocycles. The maximum atomic E-state index is 3.89. The summed E-state index contributed by atoms with van der Waals surface area (Å²) >= 11 is 0. The lowest BCUT2D eigenvalue weighted by Gasteiger charge is -2.34. The molecule has 3 rings (SSSR count). The summed E-state index contributed by atoms with van der Waals surface area (Å²) in [5.74, 6) is 0. The zero-order chi connectivity index (χ0) is 14.3. The second kappa shape index (κ2) is 7.28. The van der Waals surface area contributed by atoms with Gasteiger partial charge in [-0.2, -0.15) is 0 Å². The molecule has 1 saturated heterocycles. The molecule has 1 fully saturated rings. The number of nitrogens with zero attached hydrogens (tertiary/aromatic N) is 6. The standard InChI is InChI=1S/C15H22N6/c1-2-5-15(6-3-1)13-20-11-9-19(10-12-20)7-4-8-21-14-16-17-18-21/h1-3,5-6,14H,4,7-13H2. The SMILES string of the molecule is c1ccc(CN2CCN(CCCn3cnnn3)CC2)cc1. The van der Waals surface area contributed by atoms with Crippen LogP contribution in [0.4, 0.5) is 0 Å². The Kier molecular flexibility index (Phi) is 4.91. The van der Waals surface area contributed by atoms with Gasteiger partial charge in [0.25, 0.3) is 0 Å². The van der Waals surface area contributed by atoms with E-state index < -0.39 is 0 Å². The Morgan fingerprint density at radius 3 is 2.38 bits per heavy atom. The van der Waals surface area contributed by atoms with Crippen LogP contribution in [-0.4, -0.2) is 62.7 Å². The molecule has 0 atom stereocenters.